The van der Waals surface area contributed by atoms with Gasteiger partial charge in [-0.2, -0.15) is 0 Å². The number of amides is 1. The molecule has 118 valence electrons. The standard InChI is InChI=1S/C16H25NO4/c1-4-7-17-16(19)14-10-13(12(2)3)11-15(21-14)20-9-6-5-8-18/h1,10,12-13,15,18H,5-9,11H2,2-3H3,(H,17,19)/t13-,15+/m0/s1. The van der Waals surface area contributed by atoms with Crippen LogP contribution < -0.4 is 5.32 Å². The number of allylic oxidation sites excluding steroid dienone is 1. The maximum absolute atomic E-state index is 12.0. The fourth-order valence-corrected chi connectivity index (χ4v) is 2.06. The SMILES string of the molecule is C#CCNC(=O)C1=C[C@H](C(C)C)C[C@H](OCCCCO)O1. The Labute approximate surface area is 126 Å². The third-order valence-electron chi connectivity index (χ3n) is 3.38. The zero-order valence-corrected chi connectivity index (χ0v) is 12.8. The summed E-state index contributed by atoms with van der Waals surface area (Å²) in [6.45, 7) is 5.05. The predicted molar refractivity (Wildman–Crippen MR) is 80.0 cm³/mol. The van der Waals surface area contributed by atoms with Crippen LogP contribution in [0.15, 0.2) is 11.8 Å². The first-order valence-corrected chi connectivity index (χ1v) is 7.41. The van der Waals surface area contributed by atoms with Gasteiger partial charge in [0.25, 0.3) is 5.91 Å². The van der Waals surface area contributed by atoms with Crippen LogP contribution in [0.5, 0.6) is 0 Å². The van der Waals surface area contributed by atoms with E-state index in [1.807, 2.05) is 6.08 Å². The average molecular weight is 295 g/mol. The van der Waals surface area contributed by atoms with Crippen molar-refractivity contribution >= 4 is 5.91 Å². The lowest BCUT2D eigenvalue weighted by Gasteiger charge is -2.30. The third-order valence-corrected chi connectivity index (χ3v) is 3.38. The minimum atomic E-state index is -0.423. The Bertz CT molecular complexity index is 398. The highest BCUT2D eigenvalue weighted by Crippen LogP contribution is 2.28. The van der Waals surface area contributed by atoms with Gasteiger partial charge >= 0.3 is 0 Å². The summed E-state index contributed by atoms with van der Waals surface area (Å²) in [5.41, 5.74) is 0. The highest BCUT2D eigenvalue weighted by atomic mass is 16.7. The van der Waals surface area contributed by atoms with E-state index in [0.717, 1.165) is 12.8 Å². The molecular formula is C16H25NO4. The molecule has 0 unspecified atom stereocenters. The largest absolute Gasteiger partial charge is 0.459 e. The summed E-state index contributed by atoms with van der Waals surface area (Å²) in [5, 5.41) is 11.4. The van der Waals surface area contributed by atoms with E-state index in [-0.39, 0.29) is 30.7 Å². The van der Waals surface area contributed by atoms with Crippen LogP contribution in [-0.2, 0) is 14.3 Å². The van der Waals surface area contributed by atoms with Crippen molar-refractivity contribution in [3.63, 3.8) is 0 Å². The Balaban J connectivity index is 2.60. The molecule has 1 aliphatic heterocycles. The molecule has 0 saturated carbocycles. The van der Waals surface area contributed by atoms with E-state index in [1.54, 1.807) is 0 Å². The molecule has 0 aromatic rings. The van der Waals surface area contributed by atoms with Crippen molar-refractivity contribution in [1.82, 2.24) is 5.32 Å². The van der Waals surface area contributed by atoms with Gasteiger partial charge in [0.2, 0.25) is 6.29 Å². The van der Waals surface area contributed by atoms with Gasteiger partial charge in [0.15, 0.2) is 5.76 Å². The van der Waals surface area contributed by atoms with Gasteiger partial charge in [-0.3, -0.25) is 4.79 Å². The fourth-order valence-electron chi connectivity index (χ4n) is 2.06. The number of unbranched alkanes of at least 4 members (excludes halogenated alkanes) is 1. The Morgan fingerprint density at radius 3 is 3.00 bits per heavy atom. The van der Waals surface area contributed by atoms with Crippen molar-refractivity contribution < 1.29 is 19.4 Å². The van der Waals surface area contributed by atoms with Crippen molar-refractivity contribution in [2.24, 2.45) is 11.8 Å². The molecule has 1 amide bonds. The first kappa shape index (κ1) is 17.5. The second kappa shape index (κ2) is 9.43. The highest BCUT2D eigenvalue weighted by Gasteiger charge is 2.29. The minimum absolute atomic E-state index is 0.156. The number of hydrogen-bond acceptors (Lipinski definition) is 4. The molecular weight excluding hydrogens is 270 g/mol. The molecule has 2 atom stereocenters. The number of aliphatic hydroxyl groups is 1. The maximum atomic E-state index is 12.0. The van der Waals surface area contributed by atoms with Gasteiger partial charge in [0.05, 0.1) is 13.2 Å². The molecule has 1 heterocycles. The number of hydrogen-bond donors (Lipinski definition) is 2. The van der Waals surface area contributed by atoms with E-state index in [4.69, 9.17) is 21.0 Å². The van der Waals surface area contributed by atoms with Gasteiger partial charge < -0.3 is 19.9 Å². The molecule has 0 fully saturated rings. The second-order valence-electron chi connectivity index (χ2n) is 5.41. The van der Waals surface area contributed by atoms with Crippen LogP contribution in [0.1, 0.15) is 33.1 Å². The average Bonchev–Trinajstić information content (AvgIpc) is 2.48. The number of carbonyl (C=O) groups excluding carboxylic acids is 1. The number of aliphatic hydroxyl groups excluding tert-OH is 1. The van der Waals surface area contributed by atoms with Gasteiger partial charge in [-0.15, -0.1) is 6.42 Å². The maximum Gasteiger partial charge on any atom is 0.286 e. The summed E-state index contributed by atoms with van der Waals surface area (Å²) in [5.74, 6) is 2.96. The van der Waals surface area contributed by atoms with Crippen LogP contribution in [0, 0.1) is 24.2 Å². The van der Waals surface area contributed by atoms with Crippen LogP contribution in [0.25, 0.3) is 0 Å². The van der Waals surface area contributed by atoms with E-state index in [9.17, 15) is 4.79 Å². The summed E-state index contributed by atoms with van der Waals surface area (Å²) in [6, 6.07) is 0. The lowest BCUT2D eigenvalue weighted by atomic mass is 9.90. The number of nitrogens with one attached hydrogen (secondary N) is 1. The molecule has 0 bridgehead atoms. The fraction of sp³-hybridized carbons (Fsp3) is 0.688. The molecule has 1 rings (SSSR count). The van der Waals surface area contributed by atoms with Gasteiger partial charge in [0.1, 0.15) is 0 Å². The molecule has 0 spiro atoms. The third kappa shape index (κ3) is 6.19. The van der Waals surface area contributed by atoms with Crippen molar-refractivity contribution in [3.8, 4) is 12.3 Å². The van der Waals surface area contributed by atoms with Gasteiger partial charge in [-0.1, -0.05) is 19.8 Å². The van der Waals surface area contributed by atoms with Crippen LogP contribution >= 0.6 is 0 Å². The normalized spacial score (nSPS) is 21.4. The van der Waals surface area contributed by atoms with E-state index >= 15 is 0 Å². The molecule has 0 aliphatic carbocycles. The van der Waals surface area contributed by atoms with Crippen LogP contribution in [-0.4, -0.2) is 37.1 Å². The van der Waals surface area contributed by atoms with Crippen molar-refractivity contribution in [2.75, 3.05) is 19.8 Å². The molecule has 0 saturated heterocycles. The van der Waals surface area contributed by atoms with E-state index in [2.05, 4.69) is 25.1 Å². The first-order chi connectivity index (χ1) is 10.1. The lowest BCUT2D eigenvalue weighted by Crippen LogP contribution is -2.34. The van der Waals surface area contributed by atoms with Crippen molar-refractivity contribution in [1.29, 1.82) is 0 Å². The number of rotatable bonds is 8. The number of ether oxygens (including phenoxy) is 2. The highest BCUT2D eigenvalue weighted by molar-refractivity contribution is 5.91. The smallest absolute Gasteiger partial charge is 0.286 e. The molecule has 1 aliphatic rings. The van der Waals surface area contributed by atoms with Gasteiger partial charge in [0, 0.05) is 13.0 Å². The second-order valence-corrected chi connectivity index (χ2v) is 5.41. The Hall–Kier alpha value is -1.51. The molecule has 5 heteroatoms. The molecule has 21 heavy (non-hydrogen) atoms. The summed E-state index contributed by atoms with van der Waals surface area (Å²) in [7, 11) is 0. The number of terminal acetylenes is 1. The lowest BCUT2D eigenvalue weighted by molar-refractivity contribution is -0.150. The zero-order chi connectivity index (χ0) is 15.7. The Morgan fingerprint density at radius 2 is 2.38 bits per heavy atom. The van der Waals surface area contributed by atoms with E-state index < -0.39 is 6.29 Å². The van der Waals surface area contributed by atoms with Crippen molar-refractivity contribution in [3.05, 3.63) is 11.8 Å². The molecule has 0 aromatic carbocycles. The quantitative estimate of drug-likeness (QED) is 0.525. The van der Waals surface area contributed by atoms with Gasteiger partial charge in [-0.05, 0) is 30.8 Å². The first-order valence-electron chi connectivity index (χ1n) is 7.41. The molecule has 5 nitrogen and oxygen atoms in total. The van der Waals surface area contributed by atoms with Gasteiger partial charge in [-0.25, -0.2) is 0 Å². The molecule has 0 aromatic heterocycles. The summed E-state index contributed by atoms with van der Waals surface area (Å²) in [6.07, 6.45) is 8.75. The monoisotopic (exact) mass is 295 g/mol. The summed E-state index contributed by atoms with van der Waals surface area (Å²) < 4.78 is 11.3. The summed E-state index contributed by atoms with van der Waals surface area (Å²) >= 11 is 0. The van der Waals surface area contributed by atoms with E-state index in [0.29, 0.717) is 18.9 Å². The number of carbonyl (C=O) groups is 1. The van der Waals surface area contributed by atoms with Crippen LogP contribution in [0.3, 0.4) is 0 Å². The topological polar surface area (TPSA) is 67.8 Å². The predicted octanol–water partition coefficient (Wildman–Crippen LogP) is 1.43. The van der Waals surface area contributed by atoms with E-state index in [1.165, 1.54) is 0 Å². The minimum Gasteiger partial charge on any atom is -0.459 e. The summed E-state index contributed by atoms with van der Waals surface area (Å²) in [4.78, 5) is 12.0. The Morgan fingerprint density at radius 1 is 1.62 bits per heavy atom. The van der Waals surface area contributed by atoms with Crippen LogP contribution in [0.2, 0.25) is 0 Å². The Kier molecular flexibility index (Phi) is 7.88. The van der Waals surface area contributed by atoms with Crippen LogP contribution in [0.4, 0.5) is 0 Å². The molecule has 2 N–H and O–H groups in total. The zero-order valence-electron chi connectivity index (χ0n) is 12.8. The van der Waals surface area contributed by atoms with Crippen molar-refractivity contribution in [2.45, 2.75) is 39.4 Å². The molecule has 0 radical (unpaired) electrons.